The molecule has 20 heavy (non-hydrogen) atoms. The third kappa shape index (κ3) is 3.35. The summed E-state index contributed by atoms with van der Waals surface area (Å²) >= 11 is 0. The molecule has 0 N–H and O–H groups in total. The Balaban J connectivity index is 2.53. The fraction of sp³-hybridized carbons (Fsp3) is 0.111. The summed E-state index contributed by atoms with van der Waals surface area (Å²) in [5, 5.41) is 0. The first-order chi connectivity index (χ1) is 9.74. The van der Waals surface area contributed by atoms with Gasteiger partial charge in [0.15, 0.2) is 0 Å². The standard InChI is InChI=1S/C18H17FO/c1-3-4-11-18(14-7-5-9-16(19)12-14)15-8-6-10-17(13-15)20-2/h3-13H,1-2H3. The second kappa shape index (κ2) is 6.71. The molecule has 2 aromatic carbocycles. The molecule has 0 aromatic heterocycles. The number of allylic oxidation sites excluding steroid dienone is 3. The predicted octanol–water partition coefficient (Wildman–Crippen LogP) is 4.84. The molecule has 2 aromatic rings. The Kier molecular flexibility index (Phi) is 4.72. The van der Waals surface area contributed by atoms with Gasteiger partial charge in [0, 0.05) is 0 Å². The third-order valence-electron chi connectivity index (χ3n) is 2.97. The topological polar surface area (TPSA) is 9.23 Å². The molecule has 1 nitrogen and oxygen atoms in total. The smallest absolute Gasteiger partial charge is 0.123 e. The van der Waals surface area contributed by atoms with Crippen LogP contribution in [0.15, 0.2) is 66.8 Å². The van der Waals surface area contributed by atoms with Crippen molar-refractivity contribution in [2.24, 2.45) is 0 Å². The fourth-order valence-electron chi connectivity index (χ4n) is 2.00. The molecule has 2 rings (SSSR count). The molecule has 0 aliphatic heterocycles. The van der Waals surface area contributed by atoms with Gasteiger partial charge in [0.25, 0.3) is 0 Å². The van der Waals surface area contributed by atoms with Crippen LogP contribution in [0.4, 0.5) is 4.39 Å². The van der Waals surface area contributed by atoms with Crippen LogP contribution in [0.5, 0.6) is 5.75 Å². The third-order valence-corrected chi connectivity index (χ3v) is 2.97. The van der Waals surface area contributed by atoms with E-state index in [4.69, 9.17) is 4.74 Å². The van der Waals surface area contributed by atoms with Crippen LogP contribution in [0.25, 0.3) is 5.57 Å². The Morgan fingerprint density at radius 2 is 1.75 bits per heavy atom. The highest BCUT2D eigenvalue weighted by molar-refractivity contribution is 5.81. The summed E-state index contributed by atoms with van der Waals surface area (Å²) in [6.07, 6.45) is 5.86. The summed E-state index contributed by atoms with van der Waals surface area (Å²) in [5.41, 5.74) is 2.80. The number of methoxy groups -OCH3 is 1. The molecule has 0 aliphatic rings. The Labute approximate surface area is 119 Å². The average Bonchev–Trinajstić information content (AvgIpc) is 2.48. The zero-order valence-corrected chi connectivity index (χ0v) is 11.6. The van der Waals surface area contributed by atoms with Crippen molar-refractivity contribution in [2.75, 3.05) is 7.11 Å². The first-order valence-electron chi connectivity index (χ1n) is 6.48. The molecule has 0 bridgehead atoms. The van der Waals surface area contributed by atoms with Crippen LogP contribution in [-0.4, -0.2) is 7.11 Å². The lowest BCUT2D eigenvalue weighted by atomic mass is 9.97. The van der Waals surface area contributed by atoms with Gasteiger partial charge in [-0.15, -0.1) is 0 Å². The van der Waals surface area contributed by atoms with Crippen LogP contribution in [-0.2, 0) is 0 Å². The van der Waals surface area contributed by atoms with Gasteiger partial charge in [-0.05, 0) is 47.9 Å². The highest BCUT2D eigenvalue weighted by atomic mass is 19.1. The quantitative estimate of drug-likeness (QED) is 0.721. The van der Waals surface area contributed by atoms with Crippen LogP contribution in [0.2, 0.25) is 0 Å². The molecular formula is C18H17FO. The van der Waals surface area contributed by atoms with Crippen LogP contribution >= 0.6 is 0 Å². The van der Waals surface area contributed by atoms with Gasteiger partial charge >= 0.3 is 0 Å². The molecule has 0 unspecified atom stereocenters. The van der Waals surface area contributed by atoms with E-state index < -0.39 is 0 Å². The zero-order chi connectivity index (χ0) is 14.4. The summed E-state index contributed by atoms with van der Waals surface area (Å²) in [7, 11) is 1.64. The lowest BCUT2D eigenvalue weighted by Gasteiger charge is -2.09. The van der Waals surface area contributed by atoms with Crippen molar-refractivity contribution in [3.63, 3.8) is 0 Å². The van der Waals surface area contributed by atoms with E-state index in [-0.39, 0.29) is 5.82 Å². The van der Waals surface area contributed by atoms with E-state index in [0.29, 0.717) is 0 Å². The van der Waals surface area contributed by atoms with Gasteiger partial charge in [-0.2, -0.15) is 0 Å². The molecule has 0 amide bonds. The molecule has 0 saturated carbocycles. The molecule has 0 radical (unpaired) electrons. The summed E-state index contributed by atoms with van der Waals surface area (Å²) in [4.78, 5) is 0. The number of rotatable bonds is 4. The molecule has 0 spiro atoms. The van der Waals surface area contributed by atoms with Crippen molar-refractivity contribution < 1.29 is 9.13 Å². The lowest BCUT2D eigenvalue weighted by Crippen LogP contribution is -1.90. The van der Waals surface area contributed by atoms with Crippen LogP contribution in [0.3, 0.4) is 0 Å². The van der Waals surface area contributed by atoms with Crippen LogP contribution in [0, 0.1) is 5.82 Å². The number of benzene rings is 2. The van der Waals surface area contributed by atoms with Gasteiger partial charge < -0.3 is 4.74 Å². The lowest BCUT2D eigenvalue weighted by molar-refractivity contribution is 0.414. The SMILES string of the molecule is CC=CC=C(c1cccc(F)c1)c1cccc(OC)c1. The van der Waals surface area contributed by atoms with Gasteiger partial charge in [0.2, 0.25) is 0 Å². The zero-order valence-electron chi connectivity index (χ0n) is 11.6. The number of hydrogen-bond donors (Lipinski definition) is 0. The Morgan fingerprint density at radius 3 is 2.40 bits per heavy atom. The van der Waals surface area contributed by atoms with Crippen LogP contribution in [0.1, 0.15) is 18.1 Å². The summed E-state index contributed by atoms with van der Waals surface area (Å²) < 4.78 is 18.7. The average molecular weight is 268 g/mol. The number of halogens is 1. The minimum atomic E-state index is -0.239. The fourth-order valence-corrected chi connectivity index (χ4v) is 2.00. The molecule has 2 heteroatoms. The summed E-state index contributed by atoms with van der Waals surface area (Å²) in [6, 6.07) is 14.4. The predicted molar refractivity (Wildman–Crippen MR) is 81.3 cm³/mol. The van der Waals surface area contributed by atoms with E-state index in [1.165, 1.54) is 12.1 Å². The largest absolute Gasteiger partial charge is 0.497 e. The van der Waals surface area contributed by atoms with E-state index in [1.807, 2.05) is 55.5 Å². The Hall–Kier alpha value is -2.35. The van der Waals surface area contributed by atoms with E-state index in [0.717, 1.165) is 22.4 Å². The van der Waals surface area contributed by atoms with E-state index in [2.05, 4.69) is 0 Å². The Bertz CT molecular complexity index is 641. The van der Waals surface area contributed by atoms with Crippen molar-refractivity contribution in [1.82, 2.24) is 0 Å². The van der Waals surface area contributed by atoms with Gasteiger partial charge in [-0.1, -0.05) is 42.5 Å². The second-order valence-electron chi connectivity index (χ2n) is 4.35. The van der Waals surface area contributed by atoms with Gasteiger partial charge in [-0.25, -0.2) is 4.39 Å². The van der Waals surface area contributed by atoms with Gasteiger partial charge in [-0.3, -0.25) is 0 Å². The van der Waals surface area contributed by atoms with Crippen molar-refractivity contribution >= 4 is 5.57 Å². The second-order valence-corrected chi connectivity index (χ2v) is 4.35. The molecule has 0 atom stereocenters. The molecule has 0 fully saturated rings. The van der Waals surface area contributed by atoms with Gasteiger partial charge in [0.05, 0.1) is 7.11 Å². The van der Waals surface area contributed by atoms with E-state index in [9.17, 15) is 4.39 Å². The summed E-state index contributed by atoms with van der Waals surface area (Å²) in [5.74, 6) is 0.544. The van der Waals surface area contributed by atoms with Crippen molar-refractivity contribution in [1.29, 1.82) is 0 Å². The molecule has 0 saturated heterocycles. The van der Waals surface area contributed by atoms with Crippen LogP contribution < -0.4 is 4.74 Å². The molecular weight excluding hydrogens is 251 g/mol. The maximum atomic E-state index is 13.4. The van der Waals surface area contributed by atoms with Gasteiger partial charge in [0.1, 0.15) is 11.6 Å². The van der Waals surface area contributed by atoms with Crippen molar-refractivity contribution in [3.8, 4) is 5.75 Å². The van der Waals surface area contributed by atoms with Crippen molar-refractivity contribution in [3.05, 3.63) is 83.7 Å². The van der Waals surface area contributed by atoms with E-state index in [1.54, 1.807) is 13.2 Å². The Morgan fingerprint density at radius 1 is 1.05 bits per heavy atom. The maximum Gasteiger partial charge on any atom is 0.123 e. The van der Waals surface area contributed by atoms with Crippen molar-refractivity contribution in [2.45, 2.75) is 6.92 Å². The number of hydrogen-bond acceptors (Lipinski definition) is 1. The molecule has 102 valence electrons. The summed E-state index contributed by atoms with van der Waals surface area (Å²) in [6.45, 7) is 1.95. The molecule has 0 aliphatic carbocycles. The molecule has 0 heterocycles. The first kappa shape index (κ1) is 14.1. The highest BCUT2D eigenvalue weighted by Crippen LogP contribution is 2.26. The minimum Gasteiger partial charge on any atom is -0.497 e. The monoisotopic (exact) mass is 268 g/mol. The normalized spacial score (nSPS) is 11.8. The minimum absolute atomic E-state index is 0.239. The first-order valence-corrected chi connectivity index (χ1v) is 6.48. The van der Waals surface area contributed by atoms with E-state index >= 15 is 0 Å². The highest BCUT2D eigenvalue weighted by Gasteiger charge is 2.06. The number of ether oxygens (including phenoxy) is 1. The maximum absolute atomic E-state index is 13.4.